The van der Waals surface area contributed by atoms with Crippen molar-refractivity contribution >= 4 is 39.1 Å². The quantitative estimate of drug-likeness (QED) is 0.458. The van der Waals surface area contributed by atoms with Crippen LogP contribution in [0.15, 0.2) is 47.6 Å². The van der Waals surface area contributed by atoms with E-state index in [-0.39, 0.29) is 18.2 Å². The third-order valence-electron chi connectivity index (χ3n) is 4.75. The van der Waals surface area contributed by atoms with E-state index in [1.807, 2.05) is 39.0 Å². The second kappa shape index (κ2) is 10.3. The van der Waals surface area contributed by atoms with Crippen LogP contribution in [0.3, 0.4) is 0 Å². The van der Waals surface area contributed by atoms with Crippen LogP contribution < -0.4 is 9.62 Å². The lowest BCUT2D eigenvalue weighted by atomic mass is 10.1. The summed E-state index contributed by atoms with van der Waals surface area (Å²) in [5.41, 5.74) is 3.18. The molecule has 0 saturated carbocycles. The van der Waals surface area contributed by atoms with Gasteiger partial charge in [-0.25, -0.2) is 12.8 Å². The molecule has 11 heteroatoms. The Morgan fingerprint density at radius 2 is 1.76 bits per heavy atom. The predicted octanol–water partition coefficient (Wildman–Crippen LogP) is 3.75. The summed E-state index contributed by atoms with van der Waals surface area (Å²) in [4.78, 5) is 12.4. The first-order chi connectivity index (χ1) is 15.6. The van der Waals surface area contributed by atoms with Crippen molar-refractivity contribution in [3.63, 3.8) is 0 Å². The summed E-state index contributed by atoms with van der Waals surface area (Å²) in [6.07, 6.45) is 1.08. The molecule has 0 aliphatic heterocycles. The molecular weight excluding hydrogens is 465 g/mol. The van der Waals surface area contributed by atoms with Crippen molar-refractivity contribution in [2.75, 3.05) is 21.6 Å². The lowest BCUT2D eigenvalue weighted by Gasteiger charge is -2.22. The molecule has 1 N–H and O–H groups in total. The van der Waals surface area contributed by atoms with Crippen LogP contribution in [0, 0.1) is 19.7 Å². The van der Waals surface area contributed by atoms with Gasteiger partial charge >= 0.3 is 0 Å². The zero-order chi connectivity index (χ0) is 24.2. The summed E-state index contributed by atoms with van der Waals surface area (Å²) in [5, 5.41) is 11.7. The van der Waals surface area contributed by atoms with Gasteiger partial charge in [0.25, 0.3) is 0 Å². The molecule has 0 spiro atoms. The number of carbonyl (C=O) groups is 1. The molecule has 0 fully saturated rings. The Morgan fingerprint density at radius 3 is 2.33 bits per heavy atom. The van der Waals surface area contributed by atoms with E-state index in [2.05, 4.69) is 15.5 Å². The molecule has 8 nitrogen and oxygen atoms in total. The van der Waals surface area contributed by atoms with Gasteiger partial charge in [-0.3, -0.25) is 9.10 Å². The number of rotatable bonds is 9. The van der Waals surface area contributed by atoms with Gasteiger partial charge in [0.2, 0.25) is 15.9 Å². The molecule has 1 amide bonds. The van der Waals surface area contributed by atoms with Crippen LogP contribution in [-0.2, 0) is 27.9 Å². The van der Waals surface area contributed by atoms with E-state index in [4.69, 9.17) is 0 Å². The zero-order valence-corrected chi connectivity index (χ0v) is 20.5. The molecule has 33 heavy (non-hydrogen) atoms. The fraction of sp³-hybridized carbons (Fsp3) is 0.318. The number of aryl methyl sites for hydroxylation is 2. The fourth-order valence-electron chi connectivity index (χ4n) is 3.37. The molecule has 2 aromatic carbocycles. The zero-order valence-electron chi connectivity index (χ0n) is 18.9. The summed E-state index contributed by atoms with van der Waals surface area (Å²) in [5.74, 6) is -0.0914. The van der Waals surface area contributed by atoms with Crippen LogP contribution in [0.4, 0.5) is 15.8 Å². The van der Waals surface area contributed by atoms with Crippen molar-refractivity contribution in [3.05, 3.63) is 65.2 Å². The monoisotopic (exact) mass is 491 g/mol. The van der Waals surface area contributed by atoms with E-state index >= 15 is 0 Å². The number of thioether (sulfide) groups is 1. The van der Waals surface area contributed by atoms with Crippen LogP contribution in [0.5, 0.6) is 0 Å². The number of aromatic nitrogens is 3. The Hall–Kier alpha value is -2.92. The van der Waals surface area contributed by atoms with Crippen molar-refractivity contribution in [2.45, 2.75) is 39.0 Å². The predicted molar refractivity (Wildman–Crippen MR) is 128 cm³/mol. The summed E-state index contributed by atoms with van der Waals surface area (Å²) < 4.78 is 41.0. The van der Waals surface area contributed by atoms with E-state index in [0.717, 1.165) is 27.4 Å². The first-order valence-electron chi connectivity index (χ1n) is 10.2. The molecule has 0 unspecified atom stereocenters. The lowest BCUT2D eigenvalue weighted by molar-refractivity contribution is -0.113. The molecule has 3 aromatic rings. The standard InChI is InChI=1S/C22H26FN5O3S2/c1-5-27-20(13-28(33(4,30)31)19-8-6-17(23)7-9-19)25-26-22(27)32-14-21(29)24-18-11-15(2)10-16(3)12-18/h6-12H,5,13-14H2,1-4H3,(H,24,29). The number of sulfonamides is 1. The Labute approximate surface area is 197 Å². The third-order valence-corrected chi connectivity index (χ3v) is 6.85. The van der Waals surface area contributed by atoms with Crippen molar-refractivity contribution in [1.82, 2.24) is 14.8 Å². The Balaban J connectivity index is 1.73. The number of carbonyl (C=O) groups excluding carboxylic acids is 1. The van der Waals surface area contributed by atoms with Gasteiger partial charge in [0, 0.05) is 12.2 Å². The number of hydrogen-bond donors (Lipinski definition) is 1. The summed E-state index contributed by atoms with van der Waals surface area (Å²) in [6.45, 7) is 6.24. The van der Waals surface area contributed by atoms with Crippen LogP contribution >= 0.6 is 11.8 Å². The second-order valence-electron chi connectivity index (χ2n) is 7.60. The highest BCUT2D eigenvalue weighted by molar-refractivity contribution is 7.99. The normalized spacial score (nSPS) is 11.4. The fourth-order valence-corrected chi connectivity index (χ4v) is 5.05. The smallest absolute Gasteiger partial charge is 0.234 e. The Morgan fingerprint density at radius 1 is 1.12 bits per heavy atom. The van der Waals surface area contributed by atoms with Crippen molar-refractivity contribution in [3.8, 4) is 0 Å². The minimum absolute atomic E-state index is 0.0688. The van der Waals surface area contributed by atoms with Crippen molar-refractivity contribution < 1.29 is 17.6 Å². The topological polar surface area (TPSA) is 97.2 Å². The highest BCUT2D eigenvalue weighted by Gasteiger charge is 2.22. The average Bonchev–Trinajstić information content (AvgIpc) is 3.11. The van der Waals surface area contributed by atoms with Crippen LogP contribution in [0.25, 0.3) is 0 Å². The molecule has 1 aromatic heterocycles. The van der Waals surface area contributed by atoms with Gasteiger partial charge in [0.1, 0.15) is 5.82 Å². The van der Waals surface area contributed by atoms with Gasteiger partial charge in [-0.05, 0) is 68.3 Å². The number of amides is 1. The molecule has 1 heterocycles. The molecule has 176 valence electrons. The molecular formula is C22H26FN5O3S2. The van der Waals surface area contributed by atoms with E-state index in [1.165, 1.54) is 36.0 Å². The van der Waals surface area contributed by atoms with Crippen LogP contribution in [0.2, 0.25) is 0 Å². The lowest BCUT2D eigenvalue weighted by Crippen LogP contribution is -2.30. The van der Waals surface area contributed by atoms with Gasteiger partial charge in [-0.2, -0.15) is 0 Å². The van der Waals surface area contributed by atoms with E-state index in [0.29, 0.717) is 23.2 Å². The SMILES string of the molecule is CCn1c(CN(c2ccc(F)cc2)S(C)(=O)=O)nnc1SCC(=O)Nc1cc(C)cc(C)c1. The van der Waals surface area contributed by atoms with E-state index in [9.17, 15) is 17.6 Å². The molecule has 0 saturated heterocycles. The van der Waals surface area contributed by atoms with Gasteiger partial charge in [0.05, 0.1) is 24.2 Å². The number of nitrogens with zero attached hydrogens (tertiary/aromatic N) is 4. The summed E-state index contributed by atoms with van der Waals surface area (Å²) in [7, 11) is -3.65. The molecule has 0 bridgehead atoms. The summed E-state index contributed by atoms with van der Waals surface area (Å²) >= 11 is 1.22. The van der Waals surface area contributed by atoms with Gasteiger partial charge in [0.15, 0.2) is 11.0 Å². The van der Waals surface area contributed by atoms with E-state index in [1.54, 1.807) is 4.57 Å². The second-order valence-corrected chi connectivity index (χ2v) is 10.5. The number of anilines is 2. The molecule has 0 radical (unpaired) electrons. The maximum Gasteiger partial charge on any atom is 0.234 e. The van der Waals surface area contributed by atoms with Gasteiger partial charge < -0.3 is 9.88 Å². The number of nitrogens with one attached hydrogen (secondary N) is 1. The molecule has 3 rings (SSSR count). The van der Waals surface area contributed by atoms with Gasteiger partial charge in [-0.15, -0.1) is 10.2 Å². The number of hydrogen-bond acceptors (Lipinski definition) is 6. The molecule has 0 aliphatic carbocycles. The number of benzene rings is 2. The Bertz CT molecular complexity index is 1220. The van der Waals surface area contributed by atoms with Gasteiger partial charge in [-0.1, -0.05) is 17.8 Å². The minimum Gasteiger partial charge on any atom is -0.325 e. The maximum absolute atomic E-state index is 13.3. The largest absolute Gasteiger partial charge is 0.325 e. The van der Waals surface area contributed by atoms with Crippen molar-refractivity contribution in [2.24, 2.45) is 0 Å². The highest BCUT2D eigenvalue weighted by Crippen LogP contribution is 2.23. The first-order valence-corrected chi connectivity index (χ1v) is 13.1. The average molecular weight is 492 g/mol. The molecule has 0 aliphatic rings. The Kier molecular flexibility index (Phi) is 7.75. The molecule has 0 atom stereocenters. The highest BCUT2D eigenvalue weighted by atomic mass is 32.2. The third kappa shape index (κ3) is 6.55. The maximum atomic E-state index is 13.3. The van der Waals surface area contributed by atoms with E-state index < -0.39 is 15.8 Å². The van der Waals surface area contributed by atoms with Crippen LogP contribution in [-0.4, -0.2) is 41.1 Å². The minimum atomic E-state index is -3.65. The van der Waals surface area contributed by atoms with Crippen molar-refractivity contribution in [1.29, 1.82) is 0 Å². The first kappa shape index (κ1) is 24.7. The van der Waals surface area contributed by atoms with Crippen LogP contribution in [0.1, 0.15) is 23.9 Å². The number of halogens is 1. The summed E-state index contributed by atoms with van der Waals surface area (Å²) in [6, 6.07) is 11.0.